The number of hydrogen-bond donors (Lipinski definition) is 1. The molecular formula is C7H11F6NO. The molecule has 0 aliphatic heterocycles. The summed E-state index contributed by atoms with van der Waals surface area (Å²) in [5.74, 6) is 0. The Morgan fingerprint density at radius 3 is 1.93 bits per heavy atom. The van der Waals surface area contributed by atoms with Gasteiger partial charge < -0.3 is 10.5 Å². The molecular weight excluding hydrogens is 228 g/mol. The molecule has 0 aliphatic carbocycles. The van der Waals surface area contributed by atoms with E-state index in [1.54, 1.807) is 0 Å². The van der Waals surface area contributed by atoms with Crippen molar-refractivity contribution in [2.24, 2.45) is 5.73 Å². The molecule has 0 aromatic heterocycles. The van der Waals surface area contributed by atoms with E-state index >= 15 is 0 Å². The number of alkyl halides is 6. The van der Waals surface area contributed by atoms with Crippen molar-refractivity contribution in [1.82, 2.24) is 0 Å². The van der Waals surface area contributed by atoms with Crippen molar-refractivity contribution in [3.8, 4) is 0 Å². The van der Waals surface area contributed by atoms with Gasteiger partial charge in [0.2, 0.25) is 0 Å². The van der Waals surface area contributed by atoms with Gasteiger partial charge in [0.15, 0.2) is 0 Å². The predicted molar refractivity (Wildman–Crippen MR) is 40.1 cm³/mol. The molecule has 0 heterocycles. The van der Waals surface area contributed by atoms with E-state index in [9.17, 15) is 26.3 Å². The summed E-state index contributed by atoms with van der Waals surface area (Å²) in [6, 6.07) is -1.03. The molecule has 0 bridgehead atoms. The van der Waals surface area contributed by atoms with Crippen LogP contribution in [0.5, 0.6) is 0 Å². The lowest BCUT2D eigenvalue weighted by Crippen LogP contribution is -2.30. The van der Waals surface area contributed by atoms with Crippen LogP contribution in [0, 0.1) is 0 Å². The Balaban J connectivity index is 3.54. The summed E-state index contributed by atoms with van der Waals surface area (Å²) in [4.78, 5) is 0. The van der Waals surface area contributed by atoms with Crippen LogP contribution in [0.1, 0.15) is 12.8 Å². The highest BCUT2D eigenvalue weighted by Gasteiger charge is 2.29. The zero-order valence-electron chi connectivity index (χ0n) is 7.66. The first-order chi connectivity index (χ1) is 6.60. The third kappa shape index (κ3) is 11.4. The maximum atomic E-state index is 11.7. The highest BCUT2D eigenvalue weighted by atomic mass is 19.4. The van der Waals surface area contributed by atoms with Crippen LogP contribution in [0.2, 0.25) is 0 Å². The smallest absolute Gasteiger partial charge is 0.370 e. The van der Waals surface area contributed by atoms with Gasteiger partial charge in [-0.2, -0.15) is 26.3 Å². The summed E-state index contributed by atoms with van der Waals surface area (Å²) in [5.41, 5.74) is 5.12. The summed E-state index contributed by atoms with van der Waals surface area (Å²) in [6.07, 6.45) is -10.4. The monoisotopic (exact) mass is 239 g/mol. The first kappa shape index (κ1) is 14.5. The molecule has 0 radical (unpaired) electrons. The number of hydrogen-bond acceptors (Lipinski definition) is 2. The minimum Gasteiger partial charge on any atom is -0.370 e. The van der Waals surface area contributed by atoms with Gasteiger partial charge >= 0.3 is 12.4 Å². The third-order valence-electron chi connectivity index (χ3n) is 1.40. The van der Waals surface area contributed by atoms with Gasteiger partial charge in [0.1, 0.15) is 6.61 Å². The largest absolute Gasteiger partial charge is 0.411 e. The highest BCUT2D eigenvalue weighted by Crippen LogP contribution is 2.22. The quantitative estimate of drug-likeness (QED) is 0.746. The van der Waals surface area contributed by atoms with Crippen LogP contribution in [0.4, 0.5) is 26.3 Å². The topological polar surface area (TPSA) is 35.2 Å². The van der Waals surface area contributed by atoms with Crippen LogP contribution < -0.4 is 5.73 Å². The molecule has 15 heavy (non-hydrogen) atoms. The van der Waals surface area contributed by atoms with Crippen molar-refractivity contribution in [2.45, 2.75) is 31.2 Å². The molecule has 0 fully saturated rings. The fraction of sp³-hybridized carbons (Fsp3) is 1.00. The van der Waals surface area contributed by atoms with Crippen LogP contribution in [0.25, 0.3) is 0 Å². The SMILES string of the molecule is NC(CCC(F)(F)F)COCC(F)(F)F. The summed E-state index contributed by atoms with van der Waals surface area (Å²) in [5, 5.41) is 0. The molecule has 2 N–H and O–H groups in total. The molecule has 8 heteroatoms. The zero-order valence-corrected chi connectivity index (χ0v) is 7.66. The van der Waals surface area contributed by atoms with Crippen molar-refractivity contribution in [3.05, 3.63) is 0 Å². The Hall–Kier alpha value is -0.500. The van der Waals surface area contributed by atoms with E-state index in [0.717, 1.165) is 0 Å². The average Bonchev–Trinajstić information content (AvgIpc) is 1.97. The second kappa shape index (κ2) is 5.55. The summed E-state index contributed by atoms with van der Waals surface area (Å²) in [6.45, 7) is -2.03. The van der Waals surface area contributed by atoms with Crippen molar-refractivity contribution >= 4 is 0 Å². The maximum Gasteiger partial charge on any atom is 0.411 e. The Morgan fingerprint density at radius 2 is 1.53 bits per heavy atom. The molecule has 0 saturated carbocycles. The lowest BCUT2D eigenvalue weighted by atomic mass is 10.2. The molecule has 0 rings (SSSR count). The van der Waals surface area contributed by atoms with Crippen LogP contribution in [0.3, 0.4) is 0 Å². The molecule has 0 spiro atoms. The lowest BCUT2D eigenvalue weighted by Gasteiger charge is -2.14. The molecule has 0 amide bonds. The Labute approximate surface area is 82.4 Å². The van der Waals surface area contributed by atoms with E-state index in [4.69, 9.17) is 5.73 Å². The van der Waals surface area contributed by atoms with Crippen molar-refractivity contribution in [3.63, 3.8) is 0 Å². The second-order valence-corrected chi connectivity index (χ2v) is 3.04. The van der Waals surface area contributed by atoms with E-state index in [-0.39, 0.29) is 0 Å². The molecule has 0 saturated heterocycles. The van der Waals surface area contributed by atoms with Crippen LogP contribution in [0.15, 0.2) is 0 Å². The number of nitrogens with two attached hydrogens (primary N) is 1. The van der Waals surface area contributed by atoms with E-state index in [1.807, 2.05) is 0 Å². The van der Waals surface area contributed by atoms with Gasteiger partial charge in [-0.1, -0.05) is 0 Å². The zero-order chi connectivity index (χ0) is 12.1. The Bertz CT molecular complexity index is 177. The molecule has 1 atom stereocenters. The fourth-order valence-electron chi connectivity index (χ4n) is 0.758. The number of halogens is 6. The first-order valence-corrected chi connectivity index (χ1v) is 4.07. The molecule has 92 valence electrons. The lowest BCUT2D eigenvalue weighted by molar-refractivity contribution is -0.176. The van der Waals surface area contributed by atoms with Crippen molar-refractivity contribution in [2.75, 3.05) is 13.2 Å². The van der Waals surface area contributed by atoms with Gasteiger partial charge in [-0.15, -0.1) is 0 Å². The van der Waals surface area contributed by atoms with E-state index in [2.05, 4.69) is 4.74 Å². The molecule has 1 unspecified atom stereocenters. The third-order valence-corrected chi connectivity index (χ3v) is 1.40. The predicted octanol–water partition coefficient (Wildman–Crippen LogP) is 2.24. The van der Waals surface area contributed by atoms with Gasteiger partial charge in [-0.25, -0.2) is 0 Å². The normalized spacial score (nSPS) is 15.4. The molecule has 0 aromatic rings. The Kier molecular flexibility index (Phi) is 5.36. The average molecular weight is 239 g/mol. The molecule has 2 nitrogen and oxygen atoms in total. The van der Waals surface area contributed by atoms with Crippen LogP contribution >= 0.6 is 0 Å². The fourth-order valence-corrected chi connectivity index (χ4v) is 0.758. The maximum absolute atomic E-state index is 11.7. The van der Waals surface area contributed by atoms with Gasteiger partial charge in [0, 0.05) is 12.5 Å². The molecule has 0 aromatic carbocycles. The van der Waals surface area contributed by atoms with E-state index in [0.29, 0.717) is 0 Å². The van der Waals surface area contributed by atoms with Gasteiger partial charge in [0.25, 0.3) is 0 Å². The first-order valence-electron chi connectivity index (χ1n) is 4.07. The number of rotatable bonds is 5. The highest BCUT2D eigenvalue weighted by molar-refractivity contribution is 4.63. The summed E-state index contributed by atoms with van der Waals surface area (Å²) < 4.78 is 73.7. The summed E-state index contributed by atoms with van der Waals surface area (Å²) >= 11 is 0. The van der Waals surface area contributed by atoms with E-state index in [1.165, 1.54) is 0 Å². The summed E-state index contributed by atoms with van der Waals surface area (Å²) in [7, 11) is 0. The van der Waals surface area contributed by atoms with Gasteiger partial charge in [-0.05, 0) is 6.42 Å². The van der Waals surface area contributed by atoms with E-state index < -0.39 is 44.4 Å². The van der Waals surface area contributed by atoms with Crippen molar-refractivity contribution in [1.29, 1.82) is 0 Å². The van der Waals surface area contributed by atoms with Gasteiger partial charge in [0.05, 0.1) is 6.61 Å². The molecule has 0 aliphatic rings. The van der Waals surface area contributed by atoms with Crippen molar-refractivity contribution < 1.29 is 31.1 Å². The second-order valence-electron chi connectivity index (χ2n) is 3.04. The standard InChI is InChI=1S/C7H11F6NO/c8-6(9,10)2-1-5(14)3-15-4-7(11,12)13/h5H,1-4,14H2. The van der Waals surface area contributed by atoms with Gasteiger partial charge in [-0.3, -0.25) is 0 Å². The number of ether oxygens (including phenoxy) is 1. The minimum absolute atomic E-state index is 0.443. The minimum atomic E-state index is -4.48. The Morgan fingerprint density at radius 1 is 1.00 bits per heavy atom. The van der Waals surface area contributed by atoms with Crippen LogP contribution in [-0.4, -0.2) is 31.6 Å². The van der Waals surface area contributed by atoms with Crippen LogP contribution in [-0.2, 0) is 4.74 Å².